The van der Waals surface area contributed by atoms with Crippen LogP contribution in [0.15, 0.2) is 36.4 Å². The molecule has 0 aliphatic rings. The number of phenols is 1. The van der Waals surface area contributed by atoms with E-state index in [9.17, 15) is 14.7 Å². The Kier molecular flexibility index (Phi) is 9.14. The van der Waals surface area contributed by atoms with Crippen LogP contribution in [-0.2, 0) is 22.5 Å². The highest BCUT2D eigenvalue weighted by Gasteiger charge is 2.27. The minimum absolute atomic E-state index is 0.0311. The van der Waals surface area contributed by atoms with Gasteiger partial charge in [0.15, 0.2) is 17.7 Å². The van der Waals surface area contributed by atoms with Crippen molar-refractivity contribution < 1.29 is 24.2 Å². The molecule has 1 atom stereocenters. The molecular formula is C26H36N2O5. The van der Waals surface area contributed by atoms with Crippen molar-refractivity contribution in [2.45, 2.75) is 66.7 Å². The van der Waals surface area contributed by atoms with Crippen molar-refractivity contribution in [1.82, 2.24) is 10.6 Å². The highest BCUT2D eigenvalue weighted by atomic mass is 16.6. The minimum Gasteiger partial charge on any atom is -0.504 e. The Hall–Kier alpha value is -3.22. The van der Waals surface area contributed by atoms with E-state index in [2.05, 4.69) is 42.7 Å². The third kappa shape index (κ3) is 8.33. The van der Waals surface area contributed by atoms with Crippen LogP contribution in [0.1, 0.15) is 55.9 Å². The van der Waals surface area contributed by atoms with Gasteiger partial charge in [0.2, 0.25) is 0 Å². The molecule has 7 heteroatoms. The first-order chi connectivity index (χ1) is 15.5. The van der Waals surface area contributed by atoms with Crippen LogP contribution in [0.2, 0.25) is 0 Å². The number of amides is 2. The van der Waals surface area contributed by atoms with Gasteiger partial charge in [-0.3, -0.25) is 4.79 Å². The molecule has 0 fully saturated rings. The van der Waals surface area contributed by atoms with Crippen molar-refractivity contribution in [3.63, 3.8) is 0 Å². The van der Waals surface area contributed by atoms with Crippen LogP contribution in [0, 0.1) is 19.3 Å². The first-order valence-corrected chi connectivity index (χ1v) is 11.2. The smallest absolute Gasteiger partial charge is 0.317 e. The van der Waals surface area contributed by atoms with Gasteiger partial charge < -0.3 is 25.2 Å². The van der Waals surface area contributed by atoms with Gasteiger partial charge in [0.25, 0.3) is 0 Å². The molecule has 0 heterocycles. The predicted octanol–water partition coefficient (Wildman–Crippen LogP) is 4.76. The van der Waals surface area contributed by atoms with Gasteiger partial charge in [0.05, 0.1) is 12.5 Å². The van der Waals surface area contributed by atoms with E-state index < -0.39 is 17.7 Å². The number of benzene rings is 2. The first-order valence-electron chi connectivity index (χ1n) is 11.2. The third-order valence-electron chi connectivity index (χ3n) is 5.35. The Labute approximate surface area is 196 Å². The Bertz CT molecular complexity index is 966. The number of hydrogen-bond donors (Lipinski definition) is 3. The van der Waals surface area contributed by atoms with Gasteiger partial charge in [-0.1, -0.05) is 24.3 Å². The van der Waals surface area contributed by atoms with Gasteiger partial charge in [-0.05, 0) is 81.8 Å². The lowest BCUT2D eigenvalue weighted by atomic mass is 9.97. The largest absolute Gasteiger partial charge is 0.504 e. The van der Waals surface area contributed by atoms with Crippen LogP contribution in [0.4, 0.5) is 4.79 Å². The SMILES string of the molecule is COc1cc(CNC(=O)NC(CCCc2ccc(C)c(C)c2)OC(=O)C(C)(C)C)ccc1O. The van der Waals surface area contributed by atoms with Crippen LogP contribution in [0.3, 0.4) is 0 Å². The molecule has 1 unspecified atom stereocenters. The molecule has 3 N–H and O–H groups in total. The van der Waals surface area contributed by atoms with E-state index in [4.69, 9.17) is 9.47 Å². The Morgan fingerprint density at radius 2 is 1.73 bits per heavy atom. The van der Waals surface area contributed by atoms with Gasteiger partial charge in [-0.15, -0.1) is 0 Å². The molecule has 33 heavy (non-hydrogen) atoms. The number of carbonyl (C=O) groups is 2. The molecule has 2 aromatic rings. The molecular weight excluding hydrogens is 420 g/mol. The topological polar surface area (TPSA) is 96.9 Å². The second kappa shape index (κ2) is 11.6. The molecule has 7 nitrogen and oxygen atoms in total. The monoisotopic (exact) mass is 456 g/mol. The number of hydrogen-bond acceptors (Lipinski definition) is 5. The van der Waals surface area contributed by atoms with Crippen LogP contribution < -0.4 is 15.4 Å². The summed E-state index contributed by atoms with van der Waals surface area (Å²) in [6, 6.07) is 10.8. The number of methoxy groups -OCH3 is 1. The lowest BCUT2D eigenvalue weighted by Crippen LogP contribution is -2.45. The molecule has 0 aliphatic heterocycles. The first kappa shape index (κ1) is 26.0. The number of carbonyl (C=O) groups excluding carboxylic acids is 2. The van der Waals surface area contributed by atoms with Crippen molar-refractivity contribution in [3.05, 3.63) is 58.7 Å². The molecule has 0 bridgehead atoms. The Morgan fingerprint density at radius 3 is 2.36 bits per heavy atom. The third-order valence-corrected chi connectivity index (χ3v) is 5.35. The summed E-state index contributed by atoms with van der Waals surface area (Å²) in [6.07, 6.45) is 1.33. The summed E-state index contributed by atoms with van der Waals surface area (Å²) in [5.41, 5.74) is 3.79. The summed E-state index contributed by atoms with van der Waals surface area (Å²) < 4.78 is 10.7. The lowest BCUT2D eigenvalue weighted by Gasteiger charge is -2.24. The summed E-state index contributed by atoms with van der Waals surface area (Å²) in [5, 5.41) is 15.2. The molecule has 0 radical (unpaired) electrons. The lowest BCUT2D eigenvalue weighted by molar-refractivity contribution is -0.160. The molecule has 0 aromatic heterocycles. The highest BCUT2D eigenvalue weighted by Crippen LogP contribution is 2.26. The average molecular weight is 457 g/mol. The second-order valence-electron chi connectivity index (χ2n) is 9.29. The highest BCUT2D eigenvalue weighted by molar-refractivity contribution is 5.77. The Morgan fingerprint density at radius 1 is 1.03 bits per heavy atom. The van der Waals surface area contributed by atoms with Gasteiger partial charge in [-0.2, -0.15) is 0 Å². The molecule has 0 saturated carbocycles. The Balaban J connectivity index is 1.96. The van der Waals surface area contributed by atoms with E-state index in [0.29, 0.717) is 12.2 Å². The van der Waals surface area contributed by atoms with Gasteiger partial charge in [-0.25, -0.2) is 4.79 Å². The number of aromatic hydroxyl groups is 1. The number of urea groups is 1. The van der Waals surface area contributed by atoms with E-state index in [-0.39, 0.29) is 18.3 Å². The van der Waals surface area contributed by atoms with Gasteiger partial charge >= 0.3 is 12.0 Å². The zero-order valence-corrected chi connectivity index (χ0v) is 20.5. The van der Waals surface area contributed by atoms with E-state index in [0.717, 1.165) is 18.4 Å². The summed E-state index contributed by atoms with van der Waals surface area (Å²) in [6.45, 7) is 9.73. The number of nitrogens with one attached hydrogen (secondary N) is 2. The minimum atomic E-state index is -0.738. The summed E-state index contributed by atoms with van der Waals surface area (Å²) in [5.74, 6) is -0.0103. The maximum atomic E-state index is 12.5. The van der Waals surface area contributed by atoms with Gasteiger partial charge in [0, 0.05) is 13.0 Å². The van der Waals surface area contributed by atoms with Gasteiger partial charge in [0.1, 0.15) is 0 Å². The van der Waals surface area contributed by atoms with Crippen molar-refractivity contribution in [1.29, 1.82) is 0 Å². The molecule has 180 valence electrons. The summed E-state index contributed by atoms with van der Waals surface area (Å²) in [7, 11) is 1.46. The maximum Gasteiger partial charge on any atom is 0.317 e. The van der Waals surface area contributed by atoms with E-state index in [1.807, 2.05) is 0 Å². The summed E-state index contributed by atoms with van der Waals surface area (Å²) in [4.78, 5) is 24.9. The molecule has 0 spiro atoms. The van der Waals surface area contributed by atoms with Crippen LogP contribution >= 0.6 is 0 Å². The fraction of sp³-hybridized carbons (Fsp3) is 0.462. The second-order valence-corrected chi connectivity index (χ2v) is 9.29. The summed E-state index contributed by atoms with van der Waals surface area (Å²) >= 11 is 0. The van der Waals surface area contributed by atoms with Crippen LogP contribution in [0.25, 0.3) is 0 Å². The normalized spacial score (nSPS) is 12.1. The molecule has 2 rings (SSSR count). The van der Waals surface area contributed by atoms with Crippen molar-refractivity contribution in [3.8, 4) is 11.5 Å². The zero-order valence-electron chi connectivity index (χ0n) is 20.5. The molecule has 2 aromatic carbocycles. The van der Waals surface area contributed by atoms with E-state index >= 15 is 0 Å². The maximum absolute atomic E-state index is 12.5. The van der Waals surface area contributed by atoms with Crippen molar-refractivity contribution in [2.75, 3.05) is 7.11 Å². The number of ether oxygens (including phenoxy) is 2. The van der Waals surface area contributed by atoms with E-state index in [1.165, 1.54) is 29.9 Å². The van der Waals surface area contributed by atoms with E-state index in [1.54, 1.807) is 32.9 Å². The predicted molar refractivity (Wildman–Crippen MR) is 128 cm³/mol. The molecule has 2 amide bonds. The standard InChI is InChI=1S/C26H36N2O5/c1-17-10-11-19(14-18(17)2)8-7-9-23(33-24(30)26(3,4)5)28-25(31)27-16-20-12-13-21(29)22(15-20)32-6/h10-15,23,29H,7-9,16H2,1-6H3,(H2,27,28,31). The fourth-order valence-corrected chi connectivity index (χ4v) is 3.13. The quantitative estimate of drug-likeness (QED) is 0.374. The van der Waals surface area contributed by atoms with Crippen molar-refractivity contribution >= 4 is 12.0 Å². The van der Waals surface area contributed by atoms with Crippen molar-refractivity contribution in [2.24, 2.45) is 5.41 Å². The van der Waals surface area contributed by atoms with Crippen LogP contribution in [-0.4, -0.2) is 30.4 Å². The fourth-order valence-electron chi connectivity index (χ4n) is 3.13. The number of rotatable bonds is 9. The number of esters is 1. The number of aryl methyl sites for hydroxylation is 3. The average Bonchev–Trinajstić information content (AvgIpc) is 2.74. The number of phenolic OH excluding ortho intramolecular Hbond substituents is 1. The molecule has 0 saturated heterocycles. The molecule has 0 aliphatic carbocycles. The van der Waals surface area contributed by atoms with Crippen LogP contribution in [0.5, 0.6) is 11.5 Å². The zero-order chi connectivity index (χ0) is 24.6.